The van der Waals surface area contributed by atoms with Crippen LogP contribution in [0.4, 0.5) is 0 Å². The van der Waals surface area contributed by atoms with Crippen molar-refractivity contribution < 1.29 is 9.47 Å². The molecule has 2 rings (SSSR count). The average molecular weight is 369 g/mol. The highest BCUT2D eigenvalue weighted by Crippen LogP contribution is 2.39. The van der Waals surface area contributed by atoms with Crippen LogP contribution in [0.15, 0.2) is 30.3 Å². The zero-order valence-electron chi connectivity index (χ0n) is 14.3. The number of unbranched alkanes of at least 4 members (excludes halogenated alkanes) is 4. The third-order valence-electron chi connectivity index (χ3n) is 3.94. The molecule has 2 aromatic rings. The van der Waals surface area contributed by atoms with E-state index in [-0.39, 0.29) is 0 Å². The Kier molecular flexibility index (Phi) is 8.55. The highest BCUT2D eigenvalue weighted by Gasteiger charge is 2.13. The molecular formula is C20H26Cl2O2. The zero-order chi connectivity index (χ0) is 17.2. The minimum atomic E-state index is 0.613. The number of ether oxygens (including phenoxy) is 2. The first-order valence-electron chi connectivity index (χ1n) is 8.80. The molecule has 24 heavy (non-hydrogen) atoms. The Morgan fingerprint density at radius 1 is 0.875 bits per heavy atom. The van der Waals surface area contributed by atoms with Gasteiger partial charge in [0, 0.05) is 22.7 Å². The summed E-state index contributed by atoms with van der Waals surface area (Å²) in [5, 5.41) is 2.68. The first-order valence-corrected chi connectivity index (χ1v) is 9.72. The number of alkyl halides is 1. The Labute approximate surface area is 155 Å². The zero-order valence-corrected chi connectivity index (χ0v) is 15.8. The Morgan fingerprint density at radius 2 is 1.58 bits per heavy atom. The quantitative estimate of drug-likeness (QED) is 0.318. The summed E-state index contributed by atoms with van der Waals surface area (Å²) in [4.78, 5) is 0. The van der Waals surface area contributed by atoms with Crippen molar-refractivity contribution in [2.24, 2.45) is 0 Å². The summed E-state index contributed by atoms with van der Waals surface area (Å²) in [6.45, 7) is 3.52. The van der Waals surface area contributed by atoms with E-state index in [0.717, 1.165) is 66.7 Å². The van der Waals surface area contributed by atoms with Gasteiger partial charge in [-0.1, -0.05) is 62.1 Å². The molecule has 0 bridgehead atoms. The average Bonchev–Trinajstić information content (AvgIpc) is 2.60. The van der Waals surface area contributed by atoms with E-state index < -0.39 is 0 Å². The van der Waals surface area contributed by atoms with Crippen molar-refractivity contribution in [2.75, 3.05) is 19.1 Å². The van der Waals surface area contributed by atoms with Crippen LogP contribution in [0.25, 0.3) is 10.8 Å². The maximum absolute atomic E-state index is 6.45. The third kappa shape index (κ3) is 5.46. The molecule has 0 saturated heterocycles. The summed E-state index contributed by atoms with van der Waals surface area (Å²) in [6.07, 6.45) is 6.50. The van der Waals surface area contributed by atoms with E-state index in [1.807, 2.05) is 24.3 Å². The molecule has 0 aliphatic rings. The Hall–Kier alpha value is -1.12. The normalized spacial score (nSPS) is 11.0. The molecule has 0 aliphatic heterocycles. The molecule has 0 aromatic heterocycles. The van der Waals surface area contributed by atoms with Gasteiger partial charge in [0.05, 0.1) is 18.2 Å². The van der Waals surface area contributed by atoms with E-state index in [0.29, 0.717) is 18.2 Å². The second-order valence-electron chi connectivity index (χ2n) is 5.88. The largest absolute Gasteiger partial charge is 0.493 e. The van der Waals surface area contributed by atoms with Gasteiger partial charge in [0.2, 0.25) is 0 Å². The molecule has 0 N–H and O–H groups in total. The van der Waals surface area contributed by atoms with E-state index in [1.165, 1.54) is 0 Å². The molecule has 0 aliphatic carbocycles. The van der Waals surface area contributed by atoms with Crippen LogP contribution in [-0.2, 0) is 0 Å². The molecule has 0 radical (unpaired) electrons. The summed E-state index contributed by atoms with van der Waals surface area (Å²) in [5.74, 6) is 2.33. The lowest BCUT2D eigenvalue weighted by molar-refractivity contribution is 0.304. The Morgan fingerprint density at radius 3 is 2.33 bits per heavy atom. The van der Waals surface area contributed by atoms with Gasteiger partial charge in [0.15, 0.2) is 0 Å². The summed E-state index contributed by atoms with van der Waals surface area (Å²) in [7, 11) is 0. The molecule has 0 fully saturated rings. The molecule has 0 heterocycles. The lowest BCUT2D eigenvalue weighted by Gasteiger charge is -2.15. The van der Waals surface area contributed by atoms with Crippen LogP contribution in [0.5, 0.6) is 11.5 Å². The molecule has 2 nitrogen and oxygen atoms in total. The fourth-order valence-corrected chi connectivity index (χ4v) is 3.04. The molecule has 132 valence electrons. The molecule has 0 amide bonds. The number of fused-ring (bicyclic) bond motifs is 1. The van der Waals surface area contributed by atoms with Gasteiger partial charge in [0.25, 0.3) is 0 Å². The van der Waals surface area contributed by atoms with Gasteiger partial charge < -0.3 is 9.47 Å². The highest BCUT2D eigenvalue weighted by atomic mass is 35.5. The second-order valence-corrected chi connectivity index (χ2v) is 6.67. The maximum Gasteiger partial charge on any atom is 0.145 e. The van der Waals surface area contributed by atoms with Gasteiger partial charge in [-0.25, -0.2) is 0 Å². The smallest absolute Gasteiger partial charge is 0.145 e. The van der Waals surface area contributed by atoms with Crippen LogP contribution in [0.2, 0.25) is 5.02 Å². The number of halogens is 2. The monoisotopic (exact) mass is 368 g/mol. The first-order chi connectivity index (χ1) is 11.8. The predicted octanol–water partition coefficient (Wildman–Crippen LogP) is 6.85. The van der Waals surface area contributed by atoms with Crippen molar-refractivity contribution in [3.05, 3.63) is 35.4 Å². The van der Waals surface area contributed by atoms with Crippen LogP contribution in [0.3, 0.4) is 0 Å². The standard InChI is InChI=1S/C20H26Cl2O2/c1-2-3-13-24-20-17-11-7-6-10-16(17)19(15-18(20)22)23-14-9-5-4-8-12-21/h6-7,10-11,15H,2-5,8-9,12-14H2,1H3. The van der Waals surface area contributed by atoms with Crippen molar-refractivity contribution in [1.82, 2.24) is 0 Å². The molecular weight excluding hydrogens is 343 g/mol. The van der Waals surface area contributed by atoms with E-state index in [4.69, 9.17) is 32.7 Å². The fourth-order valence-electron chi connectivity index (χ4n) is 2.60. The number of hydrogen-bond acceptors (Lipinski definition) is 2. The van der Waals surface area contributed by atoms with Gasteiger partial charge in [0.1, 0.15) is 11.5 Å². The Balaban J connectivity index is 2.09. The minimum absolute atomic E-state index is 0.613. The van der Waals surface area contributed by atoms with Crippen LogP contribution in [0, 0.1) is 0 Å². The summed E-state index contributed by atoms with van der Waals surface area (Å²) >= 11 is 12.1. The topological polar surface area (TPSA) is 18.5 Å². The fraction of sp³-hybridized carbons (Fsp3) is 0.500. The molecule has 2 aromatic carbocycles. The number of benzene rings is 2. The summed E-state index contributed by atoms with van der Waals surface area (Å²) in [5.41, 5.74) is 0. The van der Waals surface area contributed by atoms with E-state index in [9.17, 15) is 0 Å². The van der Waals surface area contributed by atoms with Crippen molar-refractivity contribution in [3.63, 3.8) is 0 Å². The first kappa shape index (κ1) is 19.2. The summed E-state index contributed by atoms with van der Waals surface area (Å²) < 4.78 is 11.9. The number of hydrogen-bond donors (Lipinski definition) is 0. The molecule has 4 heteroatoms. The Bertz CT molecular complexity index is 628. The van der Waals surface area contributed by atoms with E-state index >= 15 is 0 Å². The minimum Gasteiger partial charge on any atom is -0.493 e. The lowest BCUT2D eigenvalue weighted by Crippen LogP contribution is -2.01. The van der Waals surface area contributed by atoms with Gasteiger partial charge in [-0.3, -0.25) is 0 Å². The van der Waals surface area contributed by atoms with Crippen molar-refractivity contribution >= 4 is 34.0 Å². The summed E-state index contributed by atoms with van der Waals surface area (Å²) in [6, 6.07) is 9.99. The molecule has 0 saturated carbocycles. The van der Waals surface area contributed by atoms with Crippen LogP contribution in [-0.4, -0.2) is 19.1 Å². The second kappa shape index (κ2) is 10.7. The predicted molar refractivity (Wildman–Crippen MR) is 104 cm³/mol. The highest BCUT2D eigenvalue weighted by molar-refractivity contribution is 6.33. The SMILES string of the molecule is CCCCOc1c(Cl)cc(OCCCCCCCl)c2ccccc12. The maximum atomic E-state index is 6.45. The van der Waals surface area contributed by atoms with Crippen LogP contribution in [0.1, 0.15) is 45.4 Å². The van der Waals surface area contributed by atoms with Gasteiger partial charge in [-0.15, -0.1) is 11.6 Å². The third-order valence-corrected chi connectivity index (χ3v) is 4.49. The molecule has 0 spiro atoms. The van der Waals surface area contributed by atoms with Gasteiger partial charge in [-0.2, -0.15) is 0 Å². The van der Waals surface area contributed by atoms with Gasteiger partial charge >= 0.3 is 0 Å². The van der Waals surface area contributed by atoms with E-state index in [1.54, 1.807) is 0 Å². The lowest BCUT2D eigenvalue weighted by atomic mass is 10.1. The van der Waals surface area contributed by atoms with Crippen LogP contribution < -0.4 is 9.47 Å². The van der Waals surface area contributed by atoms with E-state index in [2.05, 4.69) is 13.0 Å². The van der Waals surface area contributed by atoms with Crippen LogP contribution >= 0.6 is 23.2 Å². The van der Waals surface area contributed by atoms with Crippen molar-refractivity contribution in [3.8, 4) is 11.5 Å². The van der Waals surface area contributed by atoms with Crippen molar-refractivity contribution in [1.29, 1.82) is 0 Å². The molecule has 0 unspecified atom stereocenters. The van der Waals surface area contributed by atoms with Crippen molar-refractivity contribution in [2.45, 2.75) is 45.4 Å². The van der Waals surface area contributed by atoms with Gasteiger partial charge in [-0.05, 0) is 19.3 Å². The number of rotatable bonds is 11. The molecule has 0 atom stereocenters.